The molecule has 1 saturated heterocycles. The standard InChI is InChI=1S/C15H23N3O2/c1-3-18-7-6-11(10-18)9-17-15(19)13-5-4-12(16)8-14(13)20-2/h4-5,8,11H,3,6-7,9-10,16H2,1-2H3,(H,17,19). The number of amides is 1. The maximum atomic E-state index is 12.2. The summed E-state index contributed by atoms with van der Waals surface area (Å²) in [5, 5.41) is 2.99. The Kier molecular flexibility index (Phi) is 4.84. The number of ether oxygens (including phenoxy) is 1. The quantitative estimate of drug-likeness (QED) is 0.797. The summed E-state index contributed by atoms with van der Waals surface area (Å²) >= 11 is 0. The van der Waals surface area contributed by atoms with Crippen molar-refractivity contribution >= 4 is 11.6 Å². The van der Waals surface area contributed by atoms with Crippen LogP contribution in [0.25, 0.3) is 0 Å². The Morgan fingerprint density at radius 3 is 3.00 bits per heavy atom. The van der Waals surface area contributed by atoms with Crippen molar-refractivity contribution in [2.24, 2.45) is 5.92 Å². The number of carbonyl (C=O) groups excluding carboxylic acids is 1. The van der Waals surface area contributed by atoms with E-state index in [1.54, 1.807) is 25.3 Å². The third-order valence-electron chi connectivity index (χ3n) is 3.84. The van der Waals surface area contributed by atoms with Crippen molar-refractivity contribution in [3.05, 3.63) is 23.8 Å². The zero-order chi connectivity index (χ0) is 14.5. The van der Waals surface area contributed by atoms with E-state index in [1.165, 1.54) is 0 Å². The molecular weight excluding hydrogens is 254 g/mol. The van der Waals surface area contributed by atoms with Gasteiger partial charge in [-0.2, -0.15) is 0 Å². The van der Waals surface area contributed by atoms with Crippen LogP contribution in [0.5, 0.6) is 5.75 Å². The predicted octanol–water partition coefficient (Wildman–Crippen LogP) is 1.35. The number of anilines is 1. The van der Waals surface area contributed by atoms with Gasteiger partial charge in [0, 0.05) is 24.8 Å². The van der Waals surface area contributed by atoms with E-state index in [0.717, 1.165) is 26.1 Å². The first kappa shape index (κ1) is 14.7. The van der Waals surface area contributed by atoms with Gasteiger partial charge in [-0.25, -0.2) is 0 Å². The van der Waals surface area contributed by atoms with E-state index in [0.29, 0.717) is 29.5 Å². The molecule has 0 bridgehead atoms. The second-order valence-corrected chi connectivity index (χ2v) is 5.22. The minimum absolute atomic E-state index is 0.100. The zero-order valence-corrected chi connectivity index (χ0v) is 12.2. The summed E-state index contributed by atoms with van der Waals surface area (Å²) in [5.41, 5.74) is 6.81. The van der Waals surface area contributed by atoms with Crippen LogP contribution in [0.15, 0.2) is 18.2 Å². The van der Waals surface area contributed by atoms with E-state index in [-0.39, 0.29) is 5.91 Å². The second-order valence-electron chi connectivity index (χ2n) is 5.22. The van der Waals surface area contributed by atoms with Gasteiger partial charge in [-0.15, -0.1) is 0 Å². The van der Waals surface area contributed by atoms with Crippen molar-refractivity contribution in [1.82, 2.24) is 10.2 Å². The monoisotopic (exact) mass is 277 g/mol. The molecule has 0 radical (unpaired) electrons. The normalized spacial score (nSPS) is 19.0. The molecule has 1 aromatic carbocycles. The SMILES string of the molecule is CCN1CCC(CNC(=O)c2ccc(N)cc2OC)C1. The average molecular weight is 277 g/mol. The van der Waals surface area contributed by atoms with Crippen molar-refractivity contribution in [2.75, 3.05) is 39.0 Å². The van der Waals surface area contributed by atoms with E-state index in [2.05, 4.69) is 17.1 Å². The largest absolute Gasteiger partial charge is 0.496 e. The molecule has 0 saturated carbocycles. The van der Waals surface area contributed by atoms with E-state index in [1.807, 2.05) is 0 Å². The van der Waals surface area contributed by atoms with Gasteiger partial charge in [0.25, 0.3) is 5.91 Å². The molecule has 0 aliphatic carbocycles. The molecule has 110 valence electrons. The van der Waals surface area contributed by atoms with Crippen LogP contribution in [0.3, 0.4) is 0 Å². The number of likely N-dealkylation sites (tertiary alicyclic amines) is 1. The molecule has 2 rings (SSSR count). The van der Waals surface area contributed by atoms with Crippen LogP contribution in [0.2, 0.25) is 0 Å². The molecule has 1 aliphatic rings. The molecule has 1 aromatic rings. The number of nitrogen functional groups attached to an aromatic ring is 1. The van der Waals surface area contributed by atoms with Gasteiger partial charge in [-0.05, 0) is 37.6 Å². The van der Waals surface area contributed by atoms with Crippen LogP contribution in [0.1, 0.15) is 23.7 Å². The first-order chi connectivity index (χ1) is 9.63. The maximum Gasteiger partial charge on any atom is 0.255 e. The van der Waals surface area contributed by atoms with Gasteiger partial charge in [0.1, 0.15) is 5.75 Å². The number of nitrogens with two attached hydrogens (primary N) is 1. The van der Waals surface area contributed by atoms with Gasteiger partial charge in [-0.1, -0.05) is 6.92 Å². The second kappa shape index (κ2) is 6.61. The number of nitrogens with zero attached hydrogens (tertiary/aromatic N) is 1. The maximum absolute atomic E-state index is 12.2. The van der Waals surface area contributed by atoms with E-state index in [4.69, 9.17) is 10.5 Å². The minimum Gasteiger partial charge on any atom is -0.496 e. The predicted molar refractivity (Wildman–Crippen MR) is 80.0 cm³/mol. The fourth-order valence-corrected chi connectivity index (χ4v) is 2.59. The Bertz CT molecular complexity index is 476. The number of hydrogen-bond acceptors (Lipinski definition) is 4. The fourth-order valence-electron chi connectivity index (χ4n) is 2.59. The summed E-state index contributed by atoms with van der Waals surface area (Å²) in [6, 6.07) is 5.09. The minimum atomic E-state index is -0.100. The molecule has 3 N–H and O–H groups in total. The number of rotatable bonds is 5. The Morgan fingerprint density at radius 1 is 1.55 bits per heavy atom. The lowest BCUT2D eigenvalue weighted by molar-refractivity contribution is 0.0944. The number of carbonyl (C=O) groups is 1. The molecule has 1 atom stereocenters. The van der Waals surface area contributed by atoms with Crippen molar-refractivity contribution in [1.29, 1.82) is 0 Å². The first-order valence-electron chi connectivity index (χ1n) is 7.08. The van der Waals surface area contributed by atoms with Gasteiger partial charge in [-0.3, -0.25) is 4.79 Å². The van der Waals surface area contributed by atoms with Crippen LogP contribution >= 0.6 is 0 Å². The molecule has 1 aliphatic heterocycles. The third-order valence-corrected chi connectivity index (χ3v) is 3.84. The molecular formula is C15H23N3O2. The van der Waals surface area contributed by atoms with Crippen molar-refractivity contribution in [3.8, 4) is 5.75 Å². The Balaban J connectivity index is 1.92. The summed E-state index contributed by atoms with van der Waals surface area (Å²) in [6.07, 6.45) is 1.15. The van der Waals surface area contributed by atoms with Crippen molar-refractivity contribution in [3.63, 3.8) is 0 Å². The zero-order valence-electron chi connectivity index (χ0n) is 12.2. The van der Waals surface area contributed by atoms with Crippen LogP contribution in [-0.4, -0.2) is 44.1 Å². The van der Waals surface area contributed by atoms with E-state index < -0.39 is 0 Å². The number of hydrogen-bond donors (Lipinski definition) is 2. The lowest BCUT2D eigenvalue weighted by Crippen LogP contribution is -2.31. The highest BCUT2D eigenvalue weighted by atomic mass is 16.5. The summed E-state index contributed by atoms with van der Waals surface area (Å²) in [7, 11) is 1.54. The van der Waals surface area contributed by atoms with Crippen molar-refractivity contribution < 1.29 is 9.53 Å². The molecule has 5 heteroatoms. The highest BCUT2D eigenvalue weighted by molar-refractivity contribution is 5.97. The first-order valence-corrected chi connectivity index (χ1v) is 7.08. The van der Waals surface area contributed by atoms with Gasteiger partial charge < -0.3 is 20.7 Å². The highest BCUT2D eigenvalue weighted by Gasteiger charge is 2.22. The average Bonchev–Trinajstić information content (AvgIpc) is 2.92. The summed E-state index contributed by atoms with van der Waals surface area (Å²) in [6.45, 7) is 6.15. The topological polar surface area (TPSA) is 67.6 Å². The summed E-state index contributed by atoms with van der Waals surface area (Å²) in [5.74, 6) is 0.958. The van der Waals surface area contributed by atoms with Crippen LogP contribution in [0.4, 0.5) is 5.69 Å². The van der Waals surface area contributed by atoms with Gasteiger partial charge >= 0.3 is 0 Å². The molecule has 20 heavy (non-hydrogen) atoms. The Hall–Kier alpha value is -1.75. The number of benzene rings is 1. The van der Waals surface area contributed by atoms with Gasteiger partial charge in [0.05, 0.1) is 12.7 Å². The molecule has 1 fully saturated rings. The Morgan fingerprint density at radius 2 is 2.35 bits per heavy atom. The van der Waals surface area contributed by atoms with Crippen LogP contribution in [0, 0.1) is 5.92 Å². The fraction of sp³-hybridized carbons (Fsp3) is 0.533. The molecule has 1 amide bonds. The molecule has 0 aromatic heterocycles. The highest BCUT2D eigenvalue weighted by Crippen LogP contribution is 2.21. The molecule has 1 unspecified atom stereocenters. The number of nitrogens with one attached hydrogen (secondary N) is 1. The lowest BCUT2D eigenvalue weighted by atomic mass is 10.1. The van der Waals surface area contributed by atoms with Crippen LogP contribution in [-0.2, 0) is 0 Å². The van der Waals surface area contributed by atoms with E-state index in [9.17, 15) is 4.79 Å². The van der Waals surface area contributed by atoms with E-state index >= 15 is 0 Å². The Labute approximate surface area is 120 Å². The summed E-state index contributed by atoms with van der Waals surface area (Å²) in [4.78, 5) is 14.6. The van der Waals surface area contributed by atoms with Gasteiger partial charge in [0.2, 0.25) is 0 Å². The molecule has 1 heterocycles. The third kappa shape index (κ3) is 3.42. The number of methoxy groups -OCH3 is 1. The van der Waals surface area contributed by atoms with Crippen LogP contribution < -0.4 is 15.8 Å². The van der Waals surface area contributed by atoms with Crippen molar-refractivity contribution in [2.45, 2.75) is 13.3 Å². The lowest BCUT2D eigenvalue weighted by Gasteiger charge is -2.14. The molecule has 0 spiro atoms. The smallest absolute Gasteiger partial charge is 0.255 e. The van der Waals surface area contributed by atoms with Gasteiger partial charge in [0.15, 0.2) is 0 Å². The molecule has 5 nitrogen and oxygen atoms in total. The summed E-state index contributed by atoms with van der Waals surface area (Å²) < 4.78 is 5.20.